The second-order valence-electron chi connectivity index (χ2n) is 5.65. The Hall–Kier alpha value is -3.02. The van der Waals surface area contributed by atoms with E-state index >= 15 is 0 Å². The molecule has 0 aliphatic carbocycles. The normalized spacial score (nSPS) is 11.4. The van der Waals surface area contributed by atoms with Gasteiger partial charge < -0.3 is 19.9 Å². The number of nitrogens with one attached hydrogen (secondary N) is 1. The predicted octanol–water partition coefficient (Wildman–Crippen LogP) is 2.71. The minimum Gasteiger partial charge on any atom is -0.484 e. The van der Waals surface area contributed by atoms with Crippen molar-refractivity contribution in [3.63, 3.8) is 0 Å². The summed E-state index contributed by atoms with van der Waals surface area (Å²) in [7, 11) is 0. The Morgan fingerprint density at radius 1 is 1.04 bits per heavy atom. The molecule has 0 saturated heterocycles. The quantitative estimate of drug-likeness (QED) is 0.770. The first-order valence-electron chi connectivity index (χ1n) is 7.87. The van der Waals surface area contributed by atoms with E-state index < -0.39 is 5.97 Å². The molecule has 1 unspecified atom stereocenters. The Morgan fingerprint density at radius 2 is 1.72 bits per heavy atom. The van der Waals surface area contributed by atoms with Gasteiger partial charge in [-0.05, 0) is 49.2 Å². The molecule has 132 valence electrons. The first-order valence-corrected chi connectivity index (χ1v) is 7.87. The molecule has 2 aromatic carbocycles. The molecule has 1 atom stereocenters. The number of hydrogen-bond donors (Lipinski definition) is 2. The summed E-state index contributed by atoms with van der Waals surface area (Å²) in [5, 5.41) is 11.4. The van der Waals surface area contributed by atoms with Gasteiger partial charge in [-0.3, -0.25) is 4.79 Å². The van der Waals surface area contributed by atoms with Crippen molar-refractivity contribution in [2.45, 2.75) is 19.9 Å². The number of hydrogen-bond acceptors (Lipinski definition) is 4. The van der Waals surface area contributed by atoms with Gasteiger partial charge in [0.05, 0.1) is 6.04 Å². The van der Waals surface area contributed by atoms with Crippen LogP contribution in [0, 0.1) is 6.92 Å². The van der Waals surface area contributed by atoms with Crippen molar-refractivity contribution in [3.05, 3.63) is 59.7 Å². The molecule has 0 bridgehead atoms. The number of amides is 1. The molecule has 2 N–H and O–H groups in total. The molecule has 6 nitrogen and oxygen atoms in total. The first kappa shape index (κ1) is 18.3. The average molecular weight is 343 g/mol. The highest BCUT2D eigenvalue weighted by Gasteiger charge is 2.10. The fourth-order valence-corrected chi connectivity index (χ4v) is 2.22. The highest BCUT2D eigenvalue weighted by molar-refractivity contribution is 5.78. The van der Waals surface area contributed by atoms with Gasteiger partial charge in [0.1, 0.15) is 11.5 Å². The first-order chi connectivity index (χ1) is 11.9. The lowest BCUT2D eigenvalue weighted by molar-refractivity contribution is -0.139. The third-order valence-corrected chi connectivity index (χ3v) is 3.48. The topological polar surface area (TPSA) is 84.9 Å². The van der Waals surface area contributed by atoms with E-state index in [0.717, 1.165) is 11.1 Å². The summed E-state index contributed by atoms with van der Waals surface area (Å²) in [6.07, 6.45) is 0. The van der Waals surface area contributed by atoms with E-state index in [9.17, 15) is 9.59 Å². The van der Waals surface area contributed by atoms with Crippen LogP contribution >= 0.6 is 0 Å². The van der Waals surface area contributed by atoms with E-state index in [1.165, 1.54) is 0 Å². The molecule has 0 spiro atoms. The van der Waals surface area contributed by atoms with Gasteiger partial charge in [-0.25, -0.2) is 4.79 Å². The van der Waals surface area contributed by atoms with Crippen LogP contribution < -0.4 is 14.8 Å². The number of carbonyl (C=O) groups is 2. The number of benzene rings is 2. The zero-order valence-electron chi connectivity index (χ0n) is 14.2. The zero-order valence-corrected chi connectivity index (χ0v) is 14.2. The Kier molecular flexibility index (Phi) is 6.39. The summed E-state index contributed by atoms with van der Waals surface area (Å²) in [6, 6.07) is 14.2. The van der Waals surface area contributed by atoms with Crippen LogP contribution in [0.3, 0.4) is 0 Å². The number of aliphatic carboxylic acids is 1. The van der Waals surface area contributed by atoms with Crippen LogP contribution in [0.5, 0.6) is 11.5 Å². The molecule has 2 rings (SSSR count). The molecule has 1 amide bonds. The van der Waals surface area contributed by atoms with Crippen molar-refractivity contribution in [1.29, 1.82) is 0 Å². The van der Waals surface area contributed by atoms with Crippen LogP contribution in [0.15, 0.2) is 48.5 Å². The highest BCUT2D eigenvalue weighted by atomic mass is 16.5. The number of ether oxygens (including phenoxy) is 2. The molecule has 0 aliphatic heterocycles. The molecule has 2 aromatic rings. The lowest BCUT2D eigenvalue weighted by atomic mass is 10.1. The van der Waals surface area contributed by atoms with E-state index in [1.54, 1.807) is 30.3 Å². The molecular formula is C19H21NO5. The maximum absolute atomic E-state index is 12.0. The van der Waals surface area contributed by atoms with Crippen molar-refractivity contribution in [2.75, 3.05) is 13.2 Å². The SMILES string of the molecule is Cc1cccc(OCC(=O)NC(C)c2ccc(OCC(=O)O)cc2)c1. The van der Waals surface area contributed by atoms with Gasteiger partial charge in [0.25, 0.3) is 5.91 Å². The van der Waals surface area contributed by atoms with Gasteiger partial charge in [-0.1, -0.05) is 24.3 Å². The zero-order chi connectivity index (χ0) is 18.2. The largest absolute Gasteiger partial charge is 0.484 e. The minimum atomic E-state index is -1.03. The van der Waals surface area contributed by atoms with Gasteiger partial charge in [0.15, 0.2) is 13.2 Å². The van der Waals surface area contributed by atoms with E-state index in [1.807, 2.05) is 32.0 Å². The maximum atomic E-state index is 12.0. The van der Waals surface area contributed by atoms with Gasteiger partial charge in [0.2, 0.25) is 0 Å². The molecule has 0 saturated carbocycles. The number of carboxylic acids is 1. The number of rotatable bonds is 8. The highest BCUT2D eigenvalue weighted by Crippen LogP contribution is 2.18. The monoisotopic (exact) mass is 343 g/mol. The van der Waals surface area contributed by atoms with Crippen molar-refractivity contribution < 1.29 is 24.2 Å². The Labute approximate surface area is 146 Å². The van der Waals surface area contributed by atoms with E-state index in [2.05, 4.69) is 5.32 Å². The summed E-state index contributed by atoms with van der Waals surface area (Å²) in [5.74, 6) is -0.131. The molecule has 25 heavy (non-hydrogen) atoms. The number of carbonyl (C=O) groups excluding carboxylic acids is 1. The third kappa shape index (κ3) is 6.18. The Bertz CT molecular complexity index is 727. The smallest absolute Gasteiger partial charge is 0.341 e. The van der Waals surface area contributed by atoms with Crippen molar-refractivity contribution in [1.82, 2.24) is 5.32 Å². The van der Waals surface area contributed by atoms with Crippen LogP contribution in [-0.4, -0.2) is 30.2 Å². The molecule has 0 aromatic heterocycles. The van der Waals surface area contributed by atoms with Gasteiger partial charge in [-0.15, -0.1) is 0 Å². The summed E-state index contributed by atoms with van der Waals surface area (Å²) >= 11 is 0. The minimum absolute atomic E-state index is 0.0619. The molecular weight excluding hydrogens is 322 g/mol. The van der Waals surface area contributed by atoms with E-state index in [-0.39, 0.29) is 25.2 Å². The molecule has 0 heterocycles. The van der Waals surface area contributed by atoms with Crippen molar-refractivity contribution in [3.8, 4) is 11.5 Å². The van der Waals surface area contributed by atoms with Crippen LogP contribution in [-0.2, 0) is 9.59 Å². The standard InChI is InChI=1S/C19H21NO5/c1-13-4-3-5-17(10-13)24-11-18(21)20-14(2)15-6-8-16(9-7-15)25-12-19(22)23/h3-10,14H,11-12H2,1-2H3,(H,20,21)(H,22,23). The van der Waals surface area contributed by atoms with Crippen LogP contribution in [0.25, 0.3) is 0 Å². The van der Waals surface area contributed by atoms with Gasteiger partial charge in [0, 0.05) is 0 Å². The lowest BCUT2D eigenvalue weighted by Crippen LogP contribution is -2.31. The average Bonchev–Trinajstić information content (AvgIpc) is 2.58. The van der Waals surface area contributed by atoms with Crippen LogP contribution in [0.4, 0.5) is 0 Å². The summed E-state index contributed by atoms with van der Waals surface area (Å²) in [4.78, 5) is 22.5. The second kappa shape index (κ2) is 8.73. The summed E-state index contributed by atoms with van der Waals surface area (Å²) < 4.78 is 10.5. The second-order valence-corrected chi connectivity index (χ2v) is 5.65. The van der Waals surface area contributed by atoms with Gasteiger partial charge in [-0.2, -0.15) is 0 Å². The van der Waals surface area contributed by atoms with Crippen LogP contribution in [0.2, 0.25) is 0 Å². The Balaban J connectivity index is 1.82. The lowest BCUT2D eigenvalue weighted by Gasteiger charge is -2.15. The molecule has 0 radical (unpaired) electrons. The number of carboxylic acid groups (broad SMARTS) is 1. The fourth-order valence-electron chi connectivity index (χ4n) is 2.22. The van der Waals surface area contributed by atoms with Crippen molar-refractivity contribution in [2.24, 2.45) is 0 Å². The van der Waals surface area contributed by atoms with E-state index in [4.69, 9.17) is 14.6 Å². The molecule has 0 aliphatic rings. The fraction of sp³-hybridized carbons (Fsp3) is 0.263. The van der Waals surface area contributed by atoms with Crippen LogP contribution in [0.1, 0.15) is 24.1 Å². The Morgan fingerprint density at radius 3 is 2.36 bits per heavy atom. The molecule has 6 heteroatoms. The summed E-state index contributed by atoms with van der Waals surface area (Å²) in [5.41, 5.74) is 1.95. The maximum Gasteiger partial charge on any atom is 0.341 e. The third-order valence-electron chi connectivity index (χ3n) is 3.48. The van der Waals surface area contributed by atoms with Gasteiger partial charge >= 0.3 is 5.97 Å². The summed E-state index contributed by atoms with van der Waals surface area (Å²) in [6.45, 7) is 3.37. The van der Waals surface area contributed by atoms with Crippen molar-refractivity contribution >= 4 is 11.9 Å². The molecule has 0 fully saturated rings. The number of aryl methyl sites for hydroxylation is 1. The predicted molar refractivity (Wildman–Crippen MR) is 92.8 cm³/mol. The van der Waals surface area contributed by atoms with E-state index in [0.29, 0.717) is 11.5 Å².